The first-order chi connectivity index (χ1) is 8.63. The molecule has 0 spiro atoms. The maximum absolute atomic E-state index is 9.79. The van der Waals surface area contributed by atoms with Crippen LogP contribution in [0.15, 0.2) is 24.4 Å². The zero-order valence-electron chi connectivity index (χ0n) is 9.60. The largest absolute Gasteiger partial charge is 0.394 e. The number of nitrogens with one attached hydrogen (secondary N) is 2. The topological polar surface area (TPSA) is 116 Å². The highest BCUT2D eigenvalue weighted by atomic mass is 16.6. The number of aliphatic hydroxyl groups excluding tert-OH is 4. The smallest absolute Gasteiger partial charge is 0.274 e. The predicted molar refractivity (Wildman–Crippen MR) is 60.4 cm³/mol. The van der Waals surface area contributed by atoms with Gasteiger partial charge in [-0.2, -0.15) is 0 Å². The Morgan fingerprint density at radius 3 is 2.56 bits per heavy atom. The summed E-state index contributed by atoms with van der Waals surface area (Å²) in [4.78, 5) is 2.89. The van der Waals surface area contributed by atoms with Crippen LogP contribution in [0.3, 0.4) is 0 Å². The molecule has 0 aliphatic carbocycles. The molecule has 18 heavy (non-hydrogen) atoms. The molecule has 0 amide bonds. The van der Waals surface area contributed by atoms with Gasteiger partial charge in [0.15, 0.2) is 0 Å². The minimum Gasteiger partial charge on any atom is -0.394 e. The SMILES string of the molecule is OC[C@@H]1O[C@@H](Nc2cccc[nH+]2)[C@@H](O)[C@H](O)[C@@H]1O. The summed E-state index contributed by atoms with van der Waals surface area (Å²) in [6.45, 7) is -0.443. The number of aliphatic hydroxyl groups is 4. The van der Waals surface area contributed by atoms with E-state index < -0.39 is 37.3 Å². The van der Waals surface area contributed by atoms with Crippen molar-refractivity contribution in [3.05, 3.63) is 24.4 Å². The van der Waals surface area contributed by atoms with Crippen LogP contribution in [0.5, 0.6) is 0 Å². The Bertz CT molecular complexity index is 375. The minimum atomic E-state index is -1.38. The van der Waals surface area contributed by atoms with E-state index in [2.05, 4.69) is 10.3 Å². The summed E-state index contributed by atoms with van der Waals surface area (Å²) in [6, 6.07) is 5.29. The Balaban J connectivity index is 2.08. The number of rotatable bonds is 3. The summed E-state index contributed by atoms with van der Waals surface area (Å²) >= 11 is 0. The third kappa shape index (κ3) is 2.60. The van der Waals surface area contributed by atoms with Crippen LogP contribution in [0.4, 0.5) is 5.82 Å². The molecule has 1 aliphatic heterocycles. The molecule has 1 aliphatic rings. The Morgan fingerprint density at radius 2 is 1.94 bits per heavy atom. The number of aromatic nitrogens is 1. The number of hydrogen-bond donors (Lipinski definition) is 5. The lowest BCUT2D eigenvalue weighted by Gasteiger charge is -2.37. The van der Waals surface area contributed by atoms with Gasteiger partial charge in [-0.15, -0.1) is 0 Å². The highest BCUT2D eigenvalue weighted by Crippen LogP contribution is 2.21. The molecule has 0 bridgehead atoms. The summed E-state index contributed by atoms with van der Waals surface area (Å²) in [5.74, 6) is 0.585. The van der Waals surface area contributed by atoms with E-state index in [1.165, 1.54) is 0 Å². The average molecular weight is 257 g/mol. The van der Waals surface area contributed by atoms with Crippen molar-refractivity contribution in [3.63, 3.8) is 0 Å². The van der Waals surface area contributed by atoms with Gasteiger partial charge in [0.05, 0.1) is 12.8 Å². The minimum absolute atomic E-state index is 0.443. The molecule has 2 heterocycles. The van der Waals surface area contributed by atoms with Gasteiger partial charge >= 0.3 is 0 Å². The molecule has 1 fully saturated rings. The molecule has 7 heteroatoms. The summed E-state index contributed by atoms with van der Waals surface area (Å²) in [5, 5.41) is 40.9. The van der Waals surface area contributed by atoms with E-state index in [0.29, 0.717) is 5.82 Å². The van der Waals surface area contributed by atoms with Gasteiger partial charge in [0, 0.05) is 6.07 Å². The Morgan fingerprint density at radius 1 is 1.17 bits per heavy atom. The molecule has 1 saturated heterocycles. The second-order valence-electron chi connectivity index (χ2n) is 4.17. The maximum atomic E-state index is 9.79. The Labute approximate surface area is 104 Å². The van der Waals surface area contributed by atoms with Crippen LogP contribution in [0.25, 0.3) is 0 Å². The van der Waals surface area contributed by atoms with Crippen LogP contribution < -0.4 is 10.3 Å². The van der Waals surface area contributed by atoms with Crippen molar-refractivity contribution in [1.82, 2.24) is 0 Å². The highest BCUT2D eigenvalue weighted by molar-refractivity contribution is 5.28. The van der Waals surface area contributed by atoms with Crippen molar-refractivity contribution in [3.8, 4) is 0 Å². The molecule has 0 unspecified atom stereocenters. The van der Waals surface area contributed by atoms with Crippen LogP contribution in [-0.4, -0.2) is 57.7 Å². The second-order valence-corrected chi connectivity index (χ2v) is 4.17. The fraction of sp³-hybridized carbons (Fsp3) is 0.545. The lowest BCUT2D eigenvalue weighted by molar-refractivity contribution is -0.363. The Kier molecular flexibility index (Phi) is 4.10. The van der Waals surface area contributed by atoms with Crippen molar-refractivity contribution in [1.29, 1.82) is 0 Å². The van der Waals surface area contributed by atoms with Crippen LogP contribution in [0.2, 0.25) is 0 Å². The molecule has 100 valence electrons. The average Bonchev–Trinajstić information content (AvgIpc) is 2.40. The standard InChI is InChI=1S/C11H16N2O5/c14-5-6-8(15)9(16)10(17)11(18-6)13-7-3-1-2-4-12-7/h1-4,6,8-11,14-17H,5H2,(H,12,13)/p+1/t6-,8+,9+,10-,11+/m0/s1. The monoisotopic (exact) mass is 257 g/mol. The van der Waals surface area contributed by atoms with Crippen LogP contribution in [-0.2, 0) is 4.74 Å². The summed E-state index contributed by atoms with van der Waals surface area (Å²) in [7, 11) is 0. The first-order valence-electron chi connectivity index (χ1n) is 5.67. The van der Waals surface area contributed by atoms with E-state index >= 15 is 0 Å². The van der Waals surface area contributed by atoms with Gasteiger partial charge in [-0.3, -0.25) is 0 Å². The van der Waals surface area contributed by atoms with Crippen molar-refractivity contribution in [2.45, 2.75) is 30.6 Å². The third-order valence-electron chi connectivity index (χ3n) is 2.90. The summed E-state index contributed by atoms with van der Waals surface area (Å²) < 4.78 is 5.29. The number of anilines is 1. The van der Waals surface area contributed by atoms with E-state index in [1.807, 2.05) is 0 Å². The van der Waals surface area contributed by atoms with Crippen LogP contribution in [0.1, 0.15) is 0 Å². The lowest BCUT2D eigenvalue weighted by atomic mass is 9.98. The van der Waals surface area contributed by atoms with Gasteiger partial charge < -0.3 is 25.2 Å². The van der Waals surface area contributed by atoms with Crippen molar-refractivity contribution in [2.75, 3.05) is 11.9 Å². The quantitative estimate of drug-likeness (QED) is 0.416. The number of H-pyrrole nitrogens is 1. The first-order valence-corrected chi connectivity index (χ1v) is 5.67. The van der Waals surface area contributed by atoms with Crippen molar-refractivity contribution in [2.24, 2.45) is 0 Å². The van der Waals surface area contributed by atoms with E-state index in [4.69, 9.17) is 9.84 Å². The van der Waals surface area contributed by atoms with Gasteiger partial charge in [0.25, 0.3) is 5.82 Å². The molecule has 0 aromatic carbocycles. The number of hydrogen-bond acceptors (Lipinski definition) is 6. The molecular formula is C11H17N2O5+. The zero-order valence-corrected chi connectivity index (χ0v) is 9.60. The number of ether oxygens (including phenoxy) is 1. The number of aromatic amines is 1. The molecule has 0 saturated carbocycles. The molecule has 1 aromatic rings. The van der Waals surface area contributed by atoms with Gasteiger partial charge in [0.1, 0.15) is 24.4 Å². The Hall–Kier alpha value is -1.25. The highest BCUT2D eigenvalue weighted by Gasteiger charge is 2.45. The van der Waals surface area contributed by atoms with E-state index in [-0.39, 0.29) is 0 Å². The summed E-state index contributed by atoms with van der Waals surface area (Å²) in [6.07, 6.45) is -4.16. The molecule has 1 aromatic heterocycles. The number of pyridine rings is 1. The molecule has 6 N–H and O–H groups in total. The summed E-state index contributed by atoms with van der Waals surface area (Å²) in [5.41, 5.74) is 0. The van der Waals surface area contributed by atoms with Gasteiger partial charge in [0.2, 0.25) is 6.23 Å². The fourth-order valence-electron chi connectivity index (χ4n) is 1.86. The molecule has 7 nitrogen and oxygen atoms in total. The van der Waals surface area contributed by atoms with Crippen molar-refractivity contribution < 1.29 is 30.1 Å². The van der Waals surface area contributed by atoms with Gasteiger partial charge in [-0.1, -0.05) is 6.07 Å². The second kappa shape index (κ2) is 5.59. The lowest BCUT2D eigenvalue weighted by Crippen LogP contribution is -2.60. The molecule has 5 atom stereocenters. The van der Waals surface area contributed by atoms with E-state index in [0.717, 1.165) is 0 Å². The fourth-order valence-corrected chi connectivity index (χ4v) is 1.86. The zero-order chi connectivity index (χ0) is 13.1. The van der Waals surface area contributed by atoms with Gasteiger partial charge in [-0.25, -0.2) is 10.3 Å². The van der Waals surface area contributed by atoms with E-state index in [9.17, 15) is 15.3 Å². The first kappa shape index (κ1) is 13.2. The van der Waals surface area contributed by atoms with Crippen molar-refractivity contribution >= 4 is 5.82 Å². The molecule has 2 rings (SSSR count). The van der Waals surface area contributed by atoms with Crippen LogP contribution in [0, 0.1) is 0 Å². The third-order valence-corrected chi connectivity index (χ3v) is 2.90. The van der Waals surface area contributed by atoms with E-state index in [1.54, 1.807) is 24.4 Å². The maximum Gasteiger partial charge on any atom is 0.274 e. The predicted octanol–water partition coefficient (Wildman–Crippen LogP) is -2.29. The molecule has 0 radical (unpaired) electrons. The van der Waals surface area contributed by atoms with Crippen LogP contribution >= 0.6 is 0 Å². The normalized spacial score (nSPS) is 36.3. The van der Waals surface area contributed by atoms with Gasteiger partial charge in [-0.05, 0) is 6.07 Å². The molecular weight excluding hydrogens is 240 g/mol.